The van der Waals surface area contributed by atoms with E-state index in [-0.39, 0.29) is 0 Å². The number of fused-ring (bicyclic) bond motifs is 2. The molecule has 0 aromatic heterocycles. The summed E-state index contributed by atoms with van der Waals surface area (Å²) in [5.41, 5.74) is 1.40. The lowest BCUT2D eigenvalue weighted by atomic mass is 9.88. The number of benzene rings is 2. The van der Waals surface area contributed by atoms with E-state index in [0.29, 0.717) is 0 Å². The van der Waals surface area contributed by atoms with Crippen LogP contribution in [0, 0.1) is 0 Å². The summed E-state index contributed by atoms with van der Waals surface area (Å²) in [6.45, 7) is 8.01. The first-order valence-corrected chi connectivity index (χ1v) is 6.36. The Balaban J connectivity index is 2.38. The van der Waals surface area contributed by atoms with Gasteiger partial charge in [-0.1, -0.05) is 24.3 Å². The minimum absolute atomic E-state index is 0.455. The molecule has 1 aliphatic rings. The van der Waals surface area contributed by atoms with Crippen LogP contribution in [0.15, 0.2) is 36.4 Å². The standard InChI is InChI=1S/C16H18NO/c1-15(2)13-9-11-7-5-6-8-12(11)10-14(13)16(3,4)17(15)18/h5-10H,1-4H3. The number of hydrogen-bond acceptors (Lipinski definition) is 1. The highest BCUT2D eigenvalue weighted by atomic mass is 16.5. The van der Waals surface area contributed by atoms with Crippen LogP contribution in [0.1, 0.15) is 38.8 Å². The Morgan fingerprint density at radius 3 is 1.61 bits per heavy atom. The zero-order chi connectivity index (χ0) is 13.1. The molecule has 0 aliphatic carbocycles. The Kier molecular flexibility index (Phi) is 2.17. The molecule has 0 saturated carbocycles. The molecule has 2 aromatic rings. The van der Waals surface area contributed by atoms with Crippen LogP contribution in [0.4, 0.5) is 0 Å². The molecule has 93 valence electrons. The first-order valence-electron chi connectivity index (χ1n) is 6.36. The first-order chi connectivity index (χ1) is 8.35. The van der Waals surface area contributed by atoms with Crippen LogP contribution in [-0.4, -0.2) is 5.06 Å². The van der Waals surface area contributed by atoms with E-state index in [2.05, 4.69) is 24.3 Å². The number of rotatable bonds is 0. The van der Waals surface area contributed by atoms with Crippen LogP contribution in [0.25, 0.3) is 10.8 Å². The first kappa shape index (κ1) is 11.7. The third kappa shape index (κ3) is 1.30. The summed E-state index contributed by atoms with van der Waals surface area (Å²) in [7, 11) is 0. The lowest BCUT2D eigenvalue weighted by Gasteiger charge is -2.32. The fourth-order valence-electron chi connectivity index (χ4n) is 3.17. The minimum Gasteiger partial charge on any atom is -0.135 e. The Morgan fingerprint density at radius 1 is 0.833 bits per heavy atom. The molecule has 1 heterocycles. The molecule has 1 radical (unpaired) electrons. The second kappa shape index (κ2) is 3.34. The molecule has 2 aromatic carbocycles. The molecule has 0 N–H and O–H groups in total. The van der Waals surface area contributed by atoms with Gasteiger partial charge in [0.05, 0.1) is 11.1 Å². The Morgan fingerprint density at radius 2 is 1.22 bits per heavy atom. The van der Waals surface area contributed by atoms with Crippen molar-refractivity contribution in [3.05, 3.63) is 47.5 Å². The molecule has 0 bridgehead atoms. The summed E-state index contributed by atoms with van der Waals surface area (Å²) >= 11 is 0. The normalized spacial score (nSPS) is 21.2. The smallest absolute Gasteiger partial charge is 0.0699 e. The number of hydrogen-bond donors (Lipinski definition) is 0. The van der Waals surface area contributed by atoms with E-state index >= 15 is 0 Å². The average Bonchev–Trinajstić information content (AvgIpc) is 2.47. The zero-order valence-corrected chi connectivity index (χ0v) is 11.3. The molecule has 0 amide bonds. The summed E-state index contributed by atoms with van der Waals surface area (Å²) in [4.78, 5) is 0. The lowest BCUT2D eigenvalue weighted by molar-refractivity contribution is -0.266. The van der Waals surface area contributed by atoms with Crippen molar-refractivity contribution in [2.45, 2.75) is 38.8 Å². The van der Waals surface area contributed by atoms with Crippen LogP contribution < -0.4 is 0 Å². The SMILES string of the molecule is CC1(C)c2cc3ccccc3cc2C(C)(C)N1[O]. The Labute approximate surface area is 108 Å². The van der Waals surface area contributed by atoms with Gasteiger partial charge in [0.1, 0.15) is 0 Å². The zero-order valence-electron chi connectivity index (χ0n) is 11.3. The van der Waals surface area contributed by atoms with Gasteiger partial charge >= 0.3 is 0 Å². The monoisotopic (exact) mass is 240 g/mol. The van der Waals surface area contributed by atoms with Gasteiger partial charge in [-0.3, -0.25) is 0 Å². The summed E-state index contributed by atoms with van der Waals surface area (Å²) in [6, 6.07) is 12.6. The fourth-order valence-corrected chi connectivity index (χ4v) is 3.17. The van der Waals surface area contributed by atoms with Crippen molar-refractivity contribution in [3.63, 3.8) is 0 Å². The van der Waals surface area contributed by atoms with Crippen LogP contribution in [0.2, 0.25) is 0 Å². The van der Waals surface area contributed by atoms with E-state index in [1.807, 2.05) is 39.8 Å². The summed E-state index contributed by atoms with van der Waals surface area (Å²) in [5, 5.41) is 16.1. The van der Waals surface area contributed by atoms with E-state index in [4.69, 9.17) is 0 Å². The van der Waals surface area contributed by atoms with Gasteiger partial charge < -0.3 is 0 Å². The highest BCUT2D eigenvalue weighted by Crippen LogP contribution is 2.49. The third-order valence-corrected chi connectivity index (χ3v) is 4.22. The summed E-state index contributed by atoms with van der Waals surface area (Å²) in [5.74, 6) is 0. The fraction of sp³-hybridized carbons (Fsp3) is 0.375. The van der Waals surface area contributed by atoms with Gasteiger partial charge in [0.25, 0.3) is 0 Å². The van der Waals surface area contributed by atoms with Gasteiger partial charge in [-0.25, -0.2) is 0 Å². The van der Waals surface area contributed by atoms with Gasteiger partial charge in [-0.05, 0) is 61.7 Å². The molecule has 0 saturated heterocycles. The second-order valence-electron chi connectivity index (χ2n) is 6.16. The van der Waals surface area contributed by atoms with E-state index in [1.165, 1.54) is 15.8 Å². The van der Waals surface area contributed by atoms with E-state index in [1.54, 1.807) is 0 Å². The van der Waals surface area contributed by atoms with E-state index in [9.17, 15) is 5.21 Å². The largest absolute Gasteiger partial charge is 0.135 e. The van der Waals surface area contributed by atoms with Gasteiger partial charge in [0, 0.05) is 0 Å². The summed E-state index contributed by atoms with van der Waals surface area (Å²) in [6.07, 6.45) is 0. The highest BCUT2D eigenvalue weighted by Gasteiger charge is 2.49. The van der Waals surface area contributed by atoms with Gasteiger partial charge in [-0.15, -0.1) is 10.3 Å². The maximum Gasteiger partial charge on any atom is 0.0699 e. The number of nitrogens with zero attached hydrogens (tertiary/aromatic N) is 1. The molecule has 0 fully saturated rings. The Hall–Kier alpha value is -1.38. The van der Waals surface area contributed by atoms with Gasteiger partial charge in [0.2, 0.25) is 0 Å². The van der Waals surface area contributed by atoms with Crippen molar-refractivity contribution < 1.29 is 5.21 Å². The highest BCUT2D eigenvalue weighted by molar-refractivity contribution is 5.85. The van der Waals surface area contributed by atoms with Crippen LogP contribution in [0.3, 0.4) is 0 Å². The molecule has 2 nitrogen and oxygen atoms in total. The molecular formula is C16H18NO. The lowest BCUT2D eigenvalue weighted by Crippen LogP contribution is -2.41. The predicted molar refractivity (Wildman–Crippen MR) is 72.5 cm³/mol. The molecule has 3 rings (SSSR count). The topological polar surface area (TPSA) is 23.1 Å². The van der Waals surface area contributed by atoms with E-state index < -0.39 is 11.1 Å². The van der Waals surface area contributed by atoms with Crippen LogP contribution in [-0.2, 0) is 16.3 Å². The van der Waals surface area contributed by atoms with Crippen molar-refractivity contribution in [1.82, 2.24) is 5.06 Å². The minimum atomic E-state index is -0.455. The van der Waals surface area contributed by atoms with Crippen molar-refractivity contribution in [2.24, 2.45) is 0 Å². The number of hydroxylamine groups is 2. The third-order valence-electron chi connectivity index (χ3n) is 4.22. The van der Waals surface area contributed by atoms with E-state index in [0.717, 1.165) is 11.1 Å². The van der Waals surface area contributed by atoms with Crippen molar-refractivity contribution >= 4 is 10.8 Å². The molecule has 2 heteroatoms. The molecule has 0 unspecified atom stereocenters. The van der Waals surface area contributed by atoms with Crippen molar-refractivity contribution in [3.8, 4) is 0 Å². The van der Waals surface area contributed by atoms with Gasteiger partial charge in [0.15, 0.2) is 0 Å². The van der Waals surface area contributed by atoms with Crippen molar-refractivity contribution in [1.29, 1.82) is 0 Å². The Bertz CT molecular complexity index is 574. The predicted octanol–water partition coefficient (Wildman–Crippen LogP) is 3.97. The molecule has 1 aliphatic heterocycles. The van der Waals surface area contributed by atoms with Crippen molar-refractivity contribution in [2.75, 3.05) is 0 Å². The quantitative estimate of drug-likeness (QED) is 0.683. The maximum atomic E-state index is 12.5. The molecule has 0 atom stereocenters. The van der Waals surface area contributed by atoms with Gasteiger partial charge in [-0.2, -0.15) is 0 Å². The average molecular weight is 240 g/mol. The maximum absolute atomic E-state index is 12.5. The molecular weight excluding hydrogens is 222 g/mol. The van der Waals surface area contributed by atoms with Crippen LogP contribution in [0.5, 0.6) is 0 Å². The molecule has 0 spiro atoms. The van der Waals surface area contributed by atoms with Crippen LogP contribution >= 0.6 is 0 Å². The second-order valence-corrected chi connectivity index (χ2v) is 6.16. The molecule has 18 heavy (non-hydrogen) atoms. The summed E-state index contributed by atoms with van der Waals surface area (Å²) < 4.78 is 0.